The quantitative estimate of drug-likeness (QED) is 0.582. The van der Waals surface area contributed by atoms with E-state index in [1.165, 1.54) is 24.3 Å². The number of hydrogen-bond acceptors (Lipinski definition) is 3. The number of sulfonamides is 1. The first-order valence-electron chi connectivity index (χ1n) is 6.50. The zero-order chi connectivity index (χ0) is 16.6. The minimum absolute atomic E-state index is 0.0540. The highest BCUT2D eigenvalue weighted by atomic mass is 32.2. The molecule has 6 heteroatoms. The Bertz CT molecular complexity index is 675. The number of carbonyl (C=O) groups excluding carboxylic acids is 1. The number of hydrogen-bond donors (Lipinski definition) is 1. The van der Waals surface area contributed by atoms with Crippen LogP contribution in [0.15, 0.2) is 54.5 Å². The van der Waals surface area contributed by atoms with Crippen LogP contribution < -0.4 is 4.72 Å². The topological polar surface area (TPSA) is 66.5 Å². The molecule has 1 aromatic rings. The summed E-state index contributed by atoms with van der Waals surface area (Å²) in [6.07, 6.45) is 8.25. The molecule has 0 bridgehead atoms. The highest BCUT2D eigenvalue weighted by molar-refractivity contribution is 7.89. The molecular weight excluding hydrogens is 300 g/mol. The van der Waals surface area contributed by atoms with Gasteiger partial charge in [0.1, 0.15) is 0 Å². The van der Waals surface area contributed by atoms with Crippen LogP contribution in [0, 0.1) is 12.3 Å². The van der Waals surface area contributed by atoms with E-state index >= 15 is 0 Å². The second-order valence-corrected chi connectivity index (χ2v) is 6.11. The molecule has 1 N–H and O–H groups in total. The van der Waals surface area contributed by atoms with E-state index in [0.29, 0.717) is 18.7 Å². The standard InChI is InChI=1S/C16H18N2O3S/c1-4-11-17-22(20,21)15-9-7-14(8-10-15)16(19)18(12-5-2)13-6-3/h1,5-10,17H,2-3,11-13H2. The van der Waals surface area contributed by atoms with E-state index in [4.69, 9.17) is 6.42 Å². The van der Waals surface area contributed by atoms with Crippen LogP contribution in [-0.2, 0) is 10.0 Å². The molecule has 1 rings (SSSR count). The number of rotatable bonds is 8. The third-order valence-corrected chi connectivity index (χ3v) is 4.18. The summed E-state index contributed by atoms with van der Waals surface area (Å²) in [5.41, 5.74) is 0.389. The van der Waals surface area contributed by atoms with Crippen LogP contribution in [0.4, 0.5) is 0 Å². The van der Waals surface area contributed by atoms with Crippen molar-refractivity contribution < 1.29 is 13.2 Å². The molecule has 0 radical (unpaired) electrons. The summed E-state index contributed by atoms with van der Waals surface area (Å²) in [5.74, 6) is 1.97. The molecule has 0 aromatic heterocycles. The molecule has 22 heavy (non-hydrogen) atoms. The van der Waals surface area contributed by atoms with Gasteiger partial charge < -0.3 is 4.90 Å². The second-order valence-electron chi connectivity index (χ2n) is 4.34. The molecule has 0 unspecified atom stereocenters. The van der Waals surface area contributed by atoms with Gasteiger partial charge in [-0.05, 0) is 24.3 Å². The van der Waals surface area contributed by atoms with Gasteiger partial charge in [0.15, 0.2) is 0 Å². The Hall–Kier alpha value is -2.36. The molecule has 0 saturated carbocycles. The lowest BCUT2D eigenvalue weighted by atomic mass is 10.2. The molecule has 0 saturated heterocycles. The fourth-order valence-electron chi connectivity index (χ4n) is 1.73. The number of benzene rings is 1. The molecule has 0 aliphatic heterocycles. The molecule has 0 spiro atoms. The Kier molecular flexibility index (Phi) is 6.57. The van der Waals surface area contributed by atoms with Crippen molar-refractivity contribution in [3.05, 3.63) is 55.1 Å². The van der Waals surface area contributed by atoms with Crippen LogP contribution in [0.2, 0.25) is 0 Å². The average molecular weight is 318 g/mol. The summed E-state index contributed by atoms with van der Waals surface area (Å²) in [6.45, 7) is 7.88. The highest BCUT2D eigenvalue weighted by Gasteiger charge is 2.16. The molecule has 0 fully saturated rings. The lowest BCUT2D eigenvalue weighted by Crippen LogP contribution is -2.31. The van der Waals surface area contributed by atoms with E-state index in [1.54, 1.807) is 17.1 Å². The number of nitrogens with zero attached hydrogens (tertiary/aromatic N) is 1. The molecule has 5 nitrogen and oxygen atoms in total. The predicted molar refractivity (Wildman–Crippen MR) is 86.8 cm³/mol. The van der Waals surface area contributed by atoms with Gasteiger partial charge in [0.25, 0.3) is 5.91 Å². The van der Waals surface area contributed by atoms with Crippen molar-refractivity contribution >= 4 is 15.9 Å². The van der Waals surface area contributed by atoms with Gasteiger partial charge in [-0.3, -0.25) is 4.79 Å². The maximum Gasteiger partial charge on any atom is 0.254 e. The van der Waals surface area contributed by atoms with Gasteiger partial charge in [0.05, 0.1) is 11.4 Å². The monoisotopic (exact) mass is 318 g/mol. The van der Waals surface area contributed by atoms with Crippen LogP contribution in [0.25, 0.3) is 0 Å². The maximum absolute atomic E-state index is 12.3. The van der Waals surface area contributed by atoms with E-state index in [9.17, 15) is 13.2 Å². The van der Waals surface area contributed by atoms with Gasteiger partial charge in [-0.1, -0.05) is 18.1 Å². The van der Waals surface area contributed by atoms with Crippen molar-refractivity contribution in [3.8, 4) is 12.3 Å². The summed E-state index contributed by atoms with van der Waals surface area (Å²) < 4.78 is 26.0. The van der Waals surface area contributed by atoms with E-state index in [0.717, 1.165) is 0 Å². The largest absolute Gasteiger partial charge is 0.331 e. The molecule has 0 atom stereocenters. The number of amides is 1. The molecule has 0 aliphatic carbocycles. The van der Waals surface area contributed by atoms with Gasteiger partial charge in [-0.2, -0.15) is 4.72 Å². The van der Waals surface area contributed by atoms with Gasteiger partial charge >= 0.3 is 0 Å². The molecule has 1 aromatic carbocycles. The summed E-state index contributed by atoms with van der Waals surface area (Å²) in [7, 11) is -3.66. The lowest BCUT2D eigenvalue weighted by Gasteiger charge is -2.19. The predicted octanol–water partition coefficient (Wildman–Crippen LogP) is 1.41. The van der Waals surface area contributed by atoms with Crippen molar-refractivity contribution in [2.24, 2.45) is 0 Å². The van der Waals surface area contributed by atoms with E-state index in [2.05, 4.69) is 23.8 Å². The summed E-state index contributed by atoms with van der Waals surface area (Å²) in [6, 6.07) is 5.66. The molecule has 0 heterocycles. The average Bonchev–Trinajstić information content (AvgIpc) is 2.52. The smallest absolute Gasteiger partial charge is 0.254 e. The van der Waals surface area contributed by atoms with E-state index in [1.807, 2.05) is 0 Å². The van der Waals surface area contributed by atoms with Crippen molar-refractivity contribution in [1.82, 2.24) is 9.62 Å². The fraction of sp³-hybridized carbons (Fsp3) is 0.188. The Morgan fingerprint density at radius 3 is 2.23 bits per heavy atom. The summed E-state index contributed by atoms with van der Waals surface area (Å²) in [4.78, 5) is 13.9. The molecule has 1 amide bonds. The van der Waals surface area contributed by atoms with E-state index in [-0.39, 0.29) is 17.3 Å². The lowest BCUT2D eigenvalue weighted by molar-refractivity contribution is 0.0790. The van der Waals surface area contributed by atoms with Gasteiger partial charge in [-0.15, -0.1) is 19.6 Å². The minimum atomic E-state index is -3.66. The van der Waals surface area contributed by atoms with E-state index < -0.39 is 10.0 Å². The van der Waals surface area contributed by atoms with Crippen LogP contribution in [0.5, 0.6) is 0 Å². The molecular formula is C16H18N2O3S. The third-order valence-electron chi connectivity index (χ3n) is 2.76. The fourth-order valence-corrected chi connectivity index (χ4v) is 2.67. The van der Waals surface area contributed by atoms with Crippen LogP contribution in [0.1, 0.15) is 10.4 Å². The van der Waals surface area contributed by atoms with Crippen LogP contribution in [-0.4, -0.2) is 38.9 Å². The summed E-state index contributed by atoms with van der Waals surface area (Å²) in [5, 5.41) is 0. The van der Waals surface area contributed by atoms with Crippen molar-refractivity contribution in [3.63, 3.8) is 0 Å². The second kappa shape index (κ2) is 8.17. The van der Waals surface area contributed by atoms with Gasteiger partial charge in [0.2, 0.25) is 10.0 Å². The number of nitrogens with one attached hydrogen (secondary N) is 1. The minimum Gasteiger partial charge on any atom is -0.331 e. The Labute approximate surface area is 131 Å². The van der Waals surface area contributed by atoms with Crippen LogP contribution in [0.3, 0.4) is 0 Å². The SMILES string of the molecule is C#CCNS(=O)(=O)c1ccc(C(=O)N(CC=C)CC=C)cc1. The number of carbonyl (C=O) groups is 1. The summed E-state index contributed by atoms with van der Waals surface area (Å²) >= 11 is 0. The van der Waals surface area contributed by atoms with Crippen molar-refractivity contribution in [2.75, 3.05) is 19.6 Å². The van der Waals surface area contributed by atoms with Crippen molar-refractivity contribution in [1.29, 1.82) is 0 Å². The number of terminal acetylenes is 1. The molecule has 0 aliphatic rings. The Balaban J connectivity index is 2.97. The zero-order valence-electron chi connectivity index (χ0n) is 12.2. The first kappa shape index (κ1) is 17.7. The van der Waals surface area contributed by atoms with Gasteiger partial charge in [-0.25, -0.2) is 8.42 Å². The zero-order valence-corrected chi connectivity index (χ0v) is 13.0. The maximum atomic E-state index is 12.3. The highest BCUT2D eigenvalue weighted by Crippen LogP contribution is 2.12. The normalized spacial score (nSPS) is 10.5. The van der Waals surface area contributed by atoms with Crippen molar-refractivity contribution in [2.45, 2.75) is 4.90 Å². The third kappa shape index (κ3) is 4.58. The Morgan fingerprint density at radius 1 is 1.23 bits per heavy atom. The Morgan fingerprint density at radius 2 is 1.77 bits per heavy atom. The first-order valence-corrected chi connectivity index (χ1v) is 7.99. The first-order chi connectivity index (χ1) is 10.5. The van der Waals surface area contributed by atoms with Gasteiger partial charge in [0, 0.05) is 18.7 Å². The molecule has 116 valence electrons. The van der Waals surface area contributed by atoms with Crippen LogP contribution >= 0.6 is 0 Å².